The molecule has 112 valence electrons. The monoisotopic (exact) mass is 268 g/mol. The Morgan fingerprint density at radius 3 is 2.42 bits per heavy atom. The first kappa shape index (κ1) is 15.3. The minimum Gasteiger partial charge on any atom is -0.378 e. The maximum atomic E-state index is 6.23. The molecule has 0 aromatic carbocycles. The summed E-state index contributed by atoms with van der Waals surface area (Å²) in [7, 11) is 0. The third-order valence-electron chi connectivity index (χ3n) is 5.14. The van der Waals surface area contributed by atoms with Gasteiger partial charge in [0.05, 0.1) is 6.10 Å². The van der Waals surface area contributed by atoms with Crippen LogP contribution in [0, 0.1) is 17.8 Å². The number of likely N-dealkylation sites (tertiary alicyclic amines) is 1. The number of rotatable bonds is 3. The lowest BCUT2D eigenvalue weighted by atomic mass is 9.78. The van der Waals surface area contributed by atoms with Gasteiger partial charge < -0.3 is 10.5 Å². The second kappa shape index (κ2) is 6.11. The Morgan fingerprint density at radius 1 is 1.26 bits per heavy atom. The van der Waals surface area contributed by atoms with E-state index in [2.05, 4.69) is 32.6 Å². The summed E-state index contributed by atoms with van der Waals surface area (Å²) < 4.78 is 5.96. The van der Waals surface area contributed by atoms with E-state index in [9.17, 15) is 0 Å². The summed E-state index contributed by atoms with van der Waals surface area (Å²) in [6.45, 7) is 13.4. The molecule has 0 radical (unpaired) electrons. The highest BCUT2D eigenvalue weighted by Gasteiger charge is 2.43. The molecule has 0 aliphatic carbocycles. The topological polar surface area (TPSA) is 38.5 Å². The van der Waals surface area contributed by atoms with Gasteiger partial charge in [0.1, 0.15) is 0 Å². The van der Waals surface area contributed by atoms with Crippen LogP contribution in [0.25, 0.3) is 0 Å². The van der Waals surface area contributed by atoms with E-state index < -0.39 is 0 Å². The Balaban J connectivity index is 2.12. The average Bonchev–Trinajstić information content (AvgIpc) is 2.37. The van der Waals surface area contributed by atoms with E-state index in [1.807, 2.05) is 0 Å². The van der Waals surface area contributed by atoms with Gasteiger partial charge in [-0.25, -0.2) is 0 Å². The lowest BCUT2D eigenvalue weighted by molar-refractivity contribution is -0.1000. The summed E-state index contributed by atoms with van der Waals surface area (Å²) >= 11 is 0. The van der Waals surface area contributed by atoms with Crippen LogP contribution in [0.2, 0.25) is 0 Å². The summed E-state index contributed by atoms with van der Waals surface area (Å²) in [6.07, 6.45) is 3.96. The molecule has 2 heterocycles. The number of piperidine rings is 1. The van der Waals surface area contributed by atoms with Gasteiger partial charge in [-0.15, -0.1) is 0 Å². The first-order chi connectivity index (χ1) is 8.97. The van der Waals surface area contributed by atoms with E-state index in [-0.39, 0.29) is 5.54 Å². The minimum atomic E-state index is 0.191. The Labute approximate surface area is 118 Å². The fourth-order valence-electron chi connectivity index (χ4n) is 4.02. The van der Waals surface area contributed by atoms with E-state index in [1.54, 1.807) is 0 Å². The van der Waals surface area contributed by atoms with Crippen molar-refractivity contribution in [3.63, 3.8) is 0 Å². The number of nitrogens with zero attached hydrogens (tertiary/aromatic N) is 1. The van der Waals surface area contributed by atoms with Crippen molar-refractivity contribution in [1.29, 1.82) is 0 Å². The van der Waals surface area contributed by atoms with E-state index in [0.717, 1.165) is 37.8 Å². The van der Waals surface area contributed by atoms with Crippen molar-refractivity contribution in [3.05, 3.63) is 0 Å². The largest absolute Gasteiger partial charge is 0.378 e. The fraction of sp³-hybridized carbons (Fsp3) is 1.00. The van der Waals surface area contributed by atoms with Gasteiger partial charge in [0.25, 0.3) is 0 Å². The molecule has 4 atom stereocenters. The molecule has 2 saturated heterocycles. The highest BCUT2D eigenvalue weighted by atomic mass is 16.5. The van der Waals surface area contributed by atoms with Gasteiger partial charge in [0.15, 0.2) is 0 Å². The molecule has 19 heavy (non-hydrogen) atoms. The summed E-state index contributed by atoms with van der Waals surface area (Å²) in [5.74, 6) is 2.19. The Morgan fingerprint density at radius 2 is 1.89 bits per heavy atom. The second-order valence-electron chi connectivity index (χ2n) is 7.39. The van der Waals surface area contributed by atoms with Gasteiger partial charge in [0.2, 0.25) is 0 Å². The van der Waals surface area contributed by atoms with Crippen LogP contribution in [0.4, 0.5) is 0 Å². The normalized spacial score (nSPS) is 41.7. The van der Waals surface area contributed by atoms with Crippen LogP contribution < -0.4 is 5.73 Å². The van der Waals surface area contributed by atoms with Crippen LogP contribution in [0.15, 0.2) is 0 Å². The first-order valence-corrected chi connectivity index (χ1v) is 8.03. The van der Waals surface area contributed by atoms with Crippen molar-refractivity contribution in [2.24, 2.45) is 23.5 Å². The van der Waals surface area contributed by atoms with Crippen LogP contribution in [-0.2, 0) is 4.74 Å². The van der Waals surface area contributed by atoms with Crippen molar-refractivity contribution < 1.29 is 4.74 Å². The number of hydrogen-bond donors (Lipinski definition) is 1. The van der Waals surface area contributed by atoms with E-state index in [4.69, 9.17) is 10.5 Å². The van der Waals surface area contributed by atoms with Crippen LogP contribution in [0.3, 0.4) is 0 Å². The summed E-state index contributed by atoms with van der Waals surface area (Å²) in [6, 6.07) is 0. The molecule has 0 aromatic rings. The molecule has 2 rings (SSSR count). The van der Waals surface area contributed by atoms with Crippen LogP contribution in [0.5, 0.6) is 0 Å². The van der Waals surface area contributed by atoms with Crippen molar-refractivity contribution in [2.45, 2.75) is 58.6 Å². The molecule has 0 amide bonds. The van der Waals surface area contributed by atoms with Gasteiger partial charge in [-0.1, -0.05) is 27.7 Å². The SMILES string of the molecule is CC1CC(C)CN(C2(CN)CCOC(C(C)C)C2)C1. The standard InChI is InChI=1S/C16H32N2O/c1-12(2)15-8-16(11-17,5-6-19-15)18-9-13(3)7-14(4)10-18/h12-15H,5-11,17H2,1-4H3. The molecular weight excluding hydrogens is 236 g/mol. The molecule has 0 aromatic heterocycles. The smallest absolute Gasteiger partial charge is 0.0616 e. The van der Waals surface area contributed by atoms with Crippen LogP contribution in [0.1, 0.15) is 47.0 Å². The van der Waals surface area contributed by atoms with Crippen LogP contribution >= 0.6 is 0 Å². The Hall–Kier alpha value is -0.120. The number of hydrogen-bond acceptors (Lipinski definition) is 3. The minimum absolute atomic E-state index is 0.191. The van der Waals surface area contributed by atoms with Gasteiger partial charge in [-0.2, -0.15) is 0 Å². The quantitative estimate of drug-likeness (QED) is 0.854. The molecule has 3 nitrogen and oxygen atoms in total. The average molecular weight is 268 g/mol. The van der Waals surface area contributed by atoms with Crippen molar-refractivity contribution in [3.8, 4) is 0 Å². The molecule has 2 aliphatic rings. The zero-order valence-corrected chi connectivity index (χ0v) is 13.2. The molecule has 0 bridgehead atoms. The van der Waals surface area contributed by atoms with Gasteiger partial charge in [-0.3, -0.25) is 4.90 Å². The molecule has 2 N–H and O–H groups in total. The maximum Gasteiger partial charge on any atom is 0.0616 e. The molecule has 3 heteroatoms. The number of ether oxygens (including phenoxy) is 1. The molecule has 4 unspecified atom stereocenters. The van der Waals surface area contributed by atoms with E-state index in [1.165, 1.54) is 19.5 Å². The number of nitrogens with two attached hydrogens (primary N) is 1. The zero-order chi connectivity index (χ0) is 14.0. The highest BCUT2D eigenvalue weighted by molar-refractivity contribution is 4.99. The summed E-state index contributed by atoms with van der Waals surface area (Å²) in [5.41, 5.74) is 6.42. The second-order valence-corrected chi connectivity index (χ2v) is 7.39. The predicted octanol–water partition coefficient (Wildman–Crippen LogP) is 2.50. The predicted molar refractivity (Wildman–Crippen MR) is 80.1 cm³/mol. The molecule has 0 saturated carbocycles. The van der Waals surface area contributed by atoms with Crippen LogP contribution in [-0.4, -0.2) is 42.8 Å². The van der Waals surface area contributed by atoms with Crippen molar-refractivity contribution in [1.82, 2.24) is 4.90 Å². The van der Waals surface area contributed by atoms with E-state index in [0.29, 0.717) is 12.0 Å². The summed E-state index contributed by atoms with van der Waals surface area (Å²) in [5, 5.41) is 0. The van der Waals surface area contributed by atoms with Gasteiger partial charge in [0, 0.05) is 31.8 Å². The summed E-state index contributed by atoms with van der Waals surface area (Å²) in [4.78, 5) is 2.70. The Bertz CT molecular complexity index is 284. The molecule has 0 spiro atoms. The molecule has 2 fully saturated rings. The lowest BCUT2D eigenvalue weighted by Gasteiger charge is -2.52. The van der Waals surface area contributed by atoms with Gasteiger partial charge in [-0.05, 0) is 37.0 Å². The fourth-order valence-corrected chi connectivity index (χ4v) is 4.02. The Kier molecular flexibility index (Phi) is 4.91. The lowest BCUT2D eigenvalue weighted by Crippen LogP contribution is -2.62. The first-order valence-electron chi connectivity index (χ1n) is 8.03. The maximum absolute atomic E-state index is 6.23. The third kappa shape index (κ3) is 3.32. The highest BCUT2D eigenvalue weighted by Crippen LogP contribution is 2.36. The van der Waals surface area contributed by atoms with Crippen molar-refractivity contribution >= 4 is 0 Å². The third-order valence-corrected chi connectivity index (χ3v) is 5.14. The zero-order valence-electron chi connectivity index (χ0n) is 13.2. The van der Waals surface area contributed by atoms with E-state index >= 15 is 0 Å². The van der Waals surface area contributed by atoms with Crippen molar-refractivity contribution in [2.75, 3.05) is 26.2 Å². The molecule has 2 aliphatic heterocycles. The van der Waals surface area contributed by atoms with Gasteiger partial charge >= 0.3 is 0 Å². The molecular formula is C16H32N2O.